The third-order valence-corrected chi connectivity index (χ3v) is 5.30. The van der Waals surface area contributed by atoms with Crippen LogP contribution in [0.25, 0.3) is 11.1 Å². The lowest BCUT2D eigenvalue weighted by molar-refractivity contribution is -0.150. The smallest absolute Gasteiger partial charge is 0.407 e. The van der Waals surface area contributed by atoms with Gasteiger partial charge in [0, 0.05) is 24.2 Å². The van der Waals surface area contributed by atoms with Crippen LogP contribution in [0.4, 0.5) is 4.79 Å². The van der Waals surface area contributed by atoms with Crippen molar-refractivity contribution >= 4 is 18.0 Å². The Balaban J connectivity index is 1.41. The third-order valence-electron chi connectivity index (χ3n) is 5.30. The second kappa shape index (κ2) is 9.96. The number of nitrogens with one attached hydrogen (secondary N) is 3. The summed E-state index contributed by atoms with van der Waals surface area (Å²) >= 11 is 0. The molecule has 170 valence electrons. The quantitative estimate of drug-likeness (QED) is 0.365. The lowest BCUT2D eigenvalue weighted by Gasteiger charge is -2.19. The van der Waals surface area contributed by atoms with Crippen LogP contribution in [0, 0.1) is 0 Å². The SMILES string of the molecule is O=C(O)CONC(=O)C(Cc1cnc[nH]1)NC(=O)OCC1c2ccccc2-c2ccccc21. The van der Waals surface area contributed by atoms with Crippen molar-refractivity contribution in [3.8, 4) is 11.1 Å². The van der Waals surface area contributed by atoms with Crippen molar-refractivity contribution in [2.45, 2.75) is 18.4 Å². The number of imidazole rings is 1. The number of hydrogen-bond acceptors (Lipinski definition) is 6. The molecule has 1 aromatic heterocycles. The standard InChI is InChI=1S/C23H22N4O6/c28-21(29)12-33-27-22(30)20(9-14-10-24-13-25-14)26-23(31)32-11-19-17-7-3-1-5-15(17)16-6-2-4-8-18(16)19/h1-8,10,13,19-20H,9,11-12H2,(H,24,25)(H,26,31)(H,27,30)(H,28,29). The van der Waals surface area contributed by atoms with Crippen LogP contribution in [0.2, 0.25) is 0 Å². The molecule has 4 rings (SSSR count). The molecule has 0 bridgehead atoms. The fourth-order valence-electron chi connectivity index (χ4n) is 3.85. The molecule has 0 aliphatic heterocycles. The molecule has 10 nitrogen and oxygen atoms in total. The molecular formula is C23H22N4O6. The molecular weight excluding hydrogens is 428 g/mol. The van der Waals surface area contributed by atoms with Gasteiger partial charge in [-0.25, -0.2) is 20.1 Å². The number of carbonyl (C=O) groups is 3. The summed E-state index contributed by atoms with van der Waals surface area (Å²) in [6.07, 6.45) is 2.25. The Morgan fingerprint density at radius 2 is 1.73 bits per heavy atom. The zero-order valence-electron chi connectivity index (χ0n) is 17.5. The van der Waals surface area contributed by atoms with Gasteiger partial charge in [-0.1, -0.05) is 48.5 Å². The number of aliphatic carboxylic acids is 1. The Hall–Kier alpha value is -4.18. The summed E-state index contributed by atoms with van der Waals surface area (Å²) in [6, 6.07) is 14.8. The summed E-state index contributed by atoms with van der Waals surface area (Å²) in [5.41, 5.74) is 6.97. The number of alkyl carbamates (subject to hydrolysis) is 1. The van der Waals surface area contributed by atoms with E-state index in [1.165, 1.54) is 12.5 Å². The number of aromatic nitrogens is 2. The van der Waals surface area contributed by atoms with Gasteiger partial charge in [-0.2, -0.15) is 0 Å². The van der Waals surface area contributed by atoms with Crippen LogP contribution in [0.3, 0.4) is 0 Å². The highest BCUT2D eigenvalue weighted by molar-refractivity contribution is 5.85. The average Bonchev–Trinajstić information content (AvgIpc) is 3.43. The third kappa shape index (κ3) is 5.18. The Morgan fingerprint density at radius 3 is 2.33 bits per heavy atom. The molecule has 0 radical (unpaired) electrons. The van der Waals surface area contributed by atoms with Gasteiger partial charge >= 0.3 is 12.1 Å². The van der Waals surface area contributed by atoms with Gasteiger partial charge in [-0.3, -0.25) is 9.63 Å². The predicted octanol–water partition coefficient (Wildman–Crippen LogP) is 1.99. The first-order chi connectivity index (χ1) is 16.0. The number of hydrogen-bond donors (Lipinski definition) is 4. The maximum Gasteiger partial charge on any atom is 0.407 e. The van der Waals surface area contributed by atoms with E-state index in [2.05, 4.69) is 20.1 Å². The molecule has 2 aromatic carbocycles. The number of carboxylic acids is 1. The minimum Gasteiger partial charge on any atom is -0.479 e. The number of benzene rings is 2. The molecule has 0 saturated carbocycles. The number of ether oxygens (including phenoxy) is 1. The summed E-state index contributed by atoms with van der Waals surface area (Å²) in [5.74, 6) is -2.09. The molecule has 4 N–H and O–H groups in total. The highest BCUT2D eigenvalue weighted by Gasteiger charge is 2.30. The second-order valence-corrected chi connectivity index (χ2v) is 7.45. The van der Waals surface area contributed by atoms with Crippen LogP contribution in [-0.4, -0.2) is 52.3 Å². The molecule has 33 heavy (non-hydrogen) atoms. The Kier molecular flexibility index (Phi) is 6.65. The molecule has 3 aromatic rings. The summed E-state index contributed by atoms with van der Waals surface area (Å²) in [5, 5.41) is 11.2. The molecule has 1 aliphatic rings. The number of carboxylic acid groups (broad SMARTS) is 1. The van der Waals surface area contributed by atoms with Crippen molar-refractivity contribution in [1.29, 1.82) is 0 Å². The molecule has 10 heteroatoms. The number of hydroxylamine groups is 1. The van der Waals surface area contributed by atoms with Gasteiger partial charge in [0.2, 0.25) is 0 Å². The van der Waals surface area contributed by atoms with E-state index in [9.17, 15) is 14.4 Å². The normalized spacial score (nSPS) is 13.0. The second-order valence-electron chi connectivity index (χ2n) is 7.45. The van der Waals surface area contributed by atoms with Crippen molar-refractivity contribution < 1.29 is 29.1 Å². The van der Waals surface area contributed by atoms with Crippen molar-refractivity contribution in [3.05, 3.63) is 77.9 Å². The lowest BCUT2D eigenvalue weighted by atomic mass is 9.98. The van der Waals surface area contributed by atoms with Crippen LogP contribution in [0.15, 0.2) is 61.1 Å². The van der Waals surface area contributed by atoms with E-state index in [1.807, 2.05) is 54.0 Å². The average molecular weight is 450 g/mol. The summed E-state index contributed by atoms with van der Waals surface area (Å²) in [6.45, 7) is -0.624. The van der Waals surface area contributed by atoms with Gasteiger partial charge in [-0.05, 0) is 22.3 Å². The van der Waals surface area contributed by atoms with Crippen molar-refractivity contribution in [3.63, 3.8) is 0 Å². The van der Waals surface area contributed by atoms with E-state index in [4.69, 9.17) is 9.84 Å². The minimum absolute atomic E-state index is 0.0759. The van der Waals surface area contributed by atoms with Crippen LogP contribution >= 0.6 is 0 Å². The number of fused-ring (bicyclic) bond motifs is 3. The Morgan fingerprint density at radius 1 is 1.06 bits per heavy atom. The van der Waals surface area contributed by atoms with Crippen LogP contribution < -0.4 is 10.8 Å². The molecule has 0 fully saturated rings. The van der Waals surface area contributed by atoms with Gasteiger partial charge in [0.1, 0.15) is 12.6 Å². The first-order valence-corrected chi connectivity index (χ1v) is 10.2. The molecule has 1 aliphatic carbocycles. The maximum absolute atomic E-state index is 12.6. The Labute approximate surface area is 188 Å². The van der Waals surface area contributed by atoms with E-state index in [-0.39, 0.29) is 18.9 Å². The van der Waals surface area contributed by atoms with E-state index in [0.717, 1.165) is 22.3 Å². The molecule has 0 spiro atoms. The van der Waals surface area contributed by atoms with Gasteiger partial charge in [0.15, 0.2) is 6.61 Å². The number of nitrogens with zero attached hydrogens (tertiary/aromatic N) is 1. The van der Waals surface area contributed by atoms with E-state index in [1.54, 1.807) is 0 Å². The summed E-state index contributed by atoms with van der Waals surface area (Å²) < 4.78 is 5.49. The van der Waals surface area contributed by atoms with Gasteiger partial charge in [0.25, 0.3) is 5.91 Å². The number of H-pyrrole nitrogens is 1. The minimum atomic E-state index is -1.25. The van der Waals surface area contributed by atoms with E-state index in [0.29, 0.717) is 5.69 Å². The van der Waals surface area contributed by atoms with Gasteiger partial charge in [0.05, 0.1) is 6.33 Å². The molecule has 2 amide bonds. The van der Waals surface area contributed by atoms with Gasteiger partial charge in [-0.15, -0.1) is 0 Å². The van der Waals surface area contributed by atoms with E-state index >= 15 is 0 Å². The Bertz CT molecular complexity index is 1100. The highest BCUT2D eigenvalue weighted by Crippen LogP contribution is 2.44. The number of rotatable bonds is 9. The fourth-order valence-corrected chi connectivity index (χ4v) is 3.85. The largest absolute Gasteiger partial charge is 0.479 e. The van der Waals surface area contributed by atoms with Crippen LogP contribution in [0.1, 0.15) is 22.7 Å². The maximum atomic E-state index is 12.6. The molecule has 1 heterocycles. The van der Waals surface area contributed by atoms with Crippen molar-refractivity contribution in [1.82, 2.24) is 20.8 Å². The van der Waals surface area contributed by atoms with Crippen LogP contribution in [-0.2, 0) is 25.6 Å². The molecule has 1 atom stereocenters. The number of aromatic amines is 1. The molecule has 1 unspecified atom stereocenters. The fraction of sp³-hybridized carbons (Fsp3) is 0.217. The van der Waals surface area contributed by atoms with E-state index < -0.39 is 30.6 Å². The van der Waals surface area contributed by atoms with Crippen LogP contribution in [0.5, 0.6) is 0 Å². The zero-order chi connectivity index (χ0) is 23.2. The topological polar surface area (TPSA) is 143 Å². The lowest BCUT2D eigenvalue weighted by Crippen LogP contribution is -2.48. The first kappa shape index (κ1) is 22.0. The number of amides is 2. The summed E-state index contributed by atoms with van der Waals surface area (Å²) in [7, 11) is 0. The number of carbonyl (C=O) groups excluding carboxylic acids is 2. The molecule has 0 saturated heterocycles. The predicted molar refractivity (Wildman–Crippen MR) is 116 cm³/mol. The summed E-state index contributed by atoms with van der Waals surface area (Å²) in [4.78, 5) is 47.0. The van der Waals surface area contributed by atoms with Crippen molar-refractivity contribution in [2.24, 2.45) is 0 Å². The monoisotopic (exact) mass is 450 g/mol. The van der Waals surface area contributed by atoms with Crippen molar-refractivity contribution in [2.75, 3.05) is 13.2 Å². The zero-order valence-corrected chi connectivity index (χ0v) is 17.5. The highest BCUT2D eigenvalue weighted by atomic mass is 16.7. The van der Waals surface area contributed by atoms with Gasteiger partial charge < -0.3 is 20.1 Å². The first-order valence-electron chi connectivity index (χ1n) is 10.2.